The fraction of sp³-hybridized carbons (Fsp3) is 0.500. The normalized spacial score (nSPS) is 9.92. The molecule has 5 heteroatoms. The van der Waals surface area contributed by atoms with Gasteiger partial charge in [-0.2, -0.15) is 0 Å². The molecule has 0 aliphatic heterocycles. The number of H-pyrrole nitrogens is 2. The summed E-state index contributed by atoms with van der Waals surface area (Å²) in [5.74, 6) is -0.178. The third-order valence-electron chi connectivity index (χ3n) is 1.56. The minimum atomic E-state index is -0.178. The number of aromatic nitrogens is 2. The Morgan fingerprint density at radius 3 is 3.00 bits per heavy atom. The minimum Gasteiger partial charge on any atom is -0.466 e. The Kier molecular flexibility index (Phi) is 3.70. The molecule has 0 aliphatic carbocycles. The summed E-state index contributed by atoms with van der Waals surface area (Å²) in [6.07, 6.45) is 2.78. The van der Waals surface area contributed by atoms with Crippen LogP contribution < -0.4 is 0 Å². The van der Waals surface area contributed by atoms with E-state index in [-0.39, 0.29) is 5.97 Å². The van der Waals surface area contributed by atoms with Gasteiger partial charge >= 0.3 is 5.97 Å². The molecule has 0 aromatic carbocycles. The fourth-order valence-corrected chi connectivity index (χ4v) is 1.17. The molecule has 0 radical (unpaired) electrons. The molecule has 0 saturated carbocycles. The molecule has 1 aromatic rings. The van der Waals surface area contributed by atoms with Gasteiger partial charge in [-0.15, -0.1) is 0 Å². The van der Waals surface area contributed by atoms with Gasteiger partial charge in [-0.25, -0.2) is 0 Å². The summed E-state index contributed by atoms with van der Waals surface area (Å²) in [5, 5.41) is 0. The van der Waals surface area contributed by atoms with Crippen molar-refractivity contribution >= 4 is 18.2 Å². The van der Waals surface area contributed by atoms with Crippen molar-refractivity contribution in [2.75, 3.05) is 6.61 Å². The lowest BCUT2D eigenvalue weighted by Gasteiger charge is -1.99. The maximum absolute atomic E-state index is 11.0. The zero-order valence-corrected chi connectivity index (χ0v) is 8.24. The number of esters is 1. The van der Waals surface area contributed by atoms with Crippen molar-refractivity contribution in [1.82, 2.24) is 9.97 Å². The quantitative estimate of drug-likeness (QED) is 0.573. The van der Waals surface area contributed by atoms with Crippen molar-refractivity contribution in [3.63, 3.8) is 0 Å². The van der Waals surface area contributed by atoms with Crippen LogP contribution in [-0.4, -0.2) is 22.5 Å². The van der Waals surface area contributed by atoms with Crippen LogP contribution in [0.3, 0.4) is 0 Å². The zero-order chi connectivity index (χ0) is 9.68. The Morgan fingerprint density at radius 2 is 2.46 bits per heavy atom. The SMILES string of the molecule is CCOC(=O)CCc1c[nH]c(=S)[nH]1. The molecule has 1 rings (SSSR count). The number of carbonyl (C=O) groups excluding carboxylic acids is 1. The van der Waals surface area contributed by atoms with Gasteiger partial charge in [0, 0.05) is 11.9 Å². The standard InChI is InChI=1S/C8H12N2O2S/c1-2-12-7(11)4-3-6-5-9-8(13)10-6/h5H,2-4H2,1H3,(H2,9,10,13). The fourth-order valence-electron chi connectivity index (χ4n) is 0.975. The summed E-state index contributed by atoms with van der Waals surface area (Å²) in [6, 6.07) is 0. The van der Waals surface area contributed by atoms with E-state index in [2.05, 4.69) is 9.97 Å². The van der Waals surface area contributed by atoms with Crippen molar-refractivity contribution in [3.8, 4) is 0 Å². The highest BCUT2D eigenvalue weighted by molar-refractivity contribution is 7.71. The van der Waals surface area contributed by atoms with E-state index in [1.807, 2.05) is 0 Å². The maximum Gasteiger partial charge on any atom is 0.306 e. The van der Waals surface area contributed by atoms with E-state index in [4.69, 9.17) is 17.0 Å². The van der Waals surface area contributed by atoms with Crippen LogP contribution in [0, 0.1) is 4.77 Å². The molecule has 0 spiro atoms. The molecule has 0 bridgehead atoms. The van der Waals surface area contributed by atoms with Gasteiger partial charge in [0.05, 0.1) is 13.0 Å². The van der Waals surface area contributed by atoms with E-state index in [0.29, 0.717) is 24.2 Å². The number of rotatable bonds is 4. The van der Waals surface area contributed by atoms with E-state index < -0.39 is 0 Å². The topological polar surface area (TPSA) is 57.9 Å². The van der Waals surface area contributed by atoms with Crippen LogP contribution in [0.2, 0.25) is 0 Å². The van der Waals surface area contributed by atoms with Crippen molar-refractivity contribution < 1.29 is 9.53 Å². The van der Waals surface area contributed by atoms with Gasteiger partial charge in [-0.3, -0.25) is 4.79 Å². The monoisotopic (exact) mass is 200 g/mol. The minimum absolute atomic E-state index is 0.178. The lowest BCUT2D eigenvalue weighted by Crippen LogP contribution is -2.05. The first kappa shape index (κ1) is 9.98. The first-order valence-electron chi connectivity index (χ1n) is 4.14. The van der Waals surface area contributed by atoms with Gasteiger partial charge < -0.3 is 14.7 Å². The second kappa shape index (κ2) is 4.81. The van der Waals surface area contributed by atoms with Crippen LogP contribution in [0.25, 0.3) is 0 Å². The lowest BCUT2D eigenvalue weighted by atomic mass is 10.2. The molecule has 0 saturated heterocycles. The highest BCUT2D eigenvalue weighted by Crippen LogP contribution is 1.99. The first-order valence-corrected chi connectivity index (χ1v) is 4.55. The molecule has 0 unspecified atom stereocenters. The Hall–Kier alpha value is -1.10. The number of carbonyl (C=O) groups is 1. The Balaban J connectivity index is 2.35. The molecule has 1 aromatic heterocycles. The maximum atomic E-state index is 11.0. The predicted molar refractivity (Wildman–Crippen MR) is 50.9 cm³/mol. The number of hydrogen-bond acceptors (Lipinski definition) is 3. The van der Waals surface area contributed by atoms with Crippen LogP contribution in [-0.2, 0) is 16.0 Å². The molecular formula is C8H12N2O2S. The third kappa shape index (κ3) is 3.42. The second-order valence-corrected chi connectivity index (χ2v) is 2.98. The molecule has 2 N–H and O–H groups in total. The molecular weight excluding hydrogens is 188 g/mol. The van der Waals surface area contributed by atoms with E-state index in [1.54, 1.807) is 13.1 Å². The summed E-state index contributed by atoms with van der Waals surface area (Å²) >= 11 is 4.84. The van der Waals surface area contributed by atoms with E-state index in [9.17, 15) is 4.79 Å². The summed E-state index contributed by atoms with van der Waals surface area (Å²) in [5.41, 5.74) is 0.929. The molecule has 13 heavy (non-hydrogen) atoms. The molecule has 4 nitrogen and oxygen atoms in total. The van der Waals surface area contributed by atoms with Gasteiger partial charge in [0.2, 0.25) is 0 Å². The van der Waals surface area contributed by atoms with Crippen LogP contribution in [0.4, 0.5) is 0 Å². The van der Waals surface area contributed by atoms with Crippen molar-refractivity contribution in [3.05, 3.63) is 16.7 Å². The molecule has 72 valence electrons. The summed E-state index contributed by atoms with van der Waals surface area (Å²) in [7, 11) is 0. The number of aryl methyl sites for hydroxylation is 1. The second-order valence-electron chi connectivity index (χ2n) is 2.57. The molecule has 0 fully saturated rings. The molecule has 0 amide bonds. The first-order chi connectivity index (χ1) is 6.22. The summed E-state index contributed by atoms with van der Waals surface area (Å²) < 4.78 is 5.36. The average Bonchev–Trinajstić information content (AvgIpc) is 2.49. The lowest BCUT2D eigenvalue weighted by molar-refractivity contribution is -0.143. The molecule has 0 atom stereocenters. The summed E-state index contributed by atoms with van der Waals surface area (Å²) in [4.78, 5) is 16.7. The number of aromatic amines is 2. The largest absolute Gasteiger partial charge is 0.466 e. The van der Waals surface area contributed by atoms with Gasteiger partial charge in [0.15, 0.2) is 4.77 Å². The highest BCUT2D eigenvalue weighted by Gasteiger charge is 2.02. The van der Waals surface area contributed by atoms with Crippen LogP contribution in [0.1, 0.15) is 19.0 Å². The predicted octanol–water partition coefficient (Wildman–Crippen LogP) is 1.57. The van der Waals surface area contributed by atoms with Crippen LogP contribution in [0.15, 0.2) is 6.20 Å². The van der Waals surface area contributed by atoms with E-state index in [0.717, 1.165) is 5.69 Å². The van der Waals surface area contributed by atoms with Gasteiger partial charge in [0.1, 0.15) is 0 Å². The number of imidazole rings is 1. The summed E-state index contributed by atoms with van der Waals surface area (Å²) in [6.45, 7) is 2.23. The Bertz CT molecular complexity index is 329. The van der Waals surface area contributed by atoms with Crippen LogP contribution >= 0.6 is 12.2 Å². The zero-order valence-electron chi connectivity index (χ0n) is 7.42. The highest BCUT2D eigenvalue weighted by atomic mass is 32.1. The molecule has 0 aliphatic rings. The van der Waals surface area contributed by atoms with Gasteiger partial charge in [0.25, 0.3) is 0 Å². The van der Waals surface area contributed by atoms with Crippen molar-refractivity contribution in [2.45, 2.75) is 19.8 Å². The van der Waals surface area contributed by atoms with Gasteiger partial charge in [-0.1, -0.05) is 0 Å². The van der Waals surface area contributed by atoms with E-state index in [1.165, 1.54) is 0 Å². The number of nitrogens with one attached hydrogen (secondary N) is 2. The van der Waals surface area contributed by atoms with Gasteiger partial charge in [-0.05, 0) is 25.6 Å². The molecule has 1 heterocycles. The Morgan fingerprint density at radius 1 is 1.69 bits per heavy atom. The van der Waals surface area contributed by atoms with E-state index >= 15 is 0 Å². The number of hydrogen-bond donors (Lipinski definition) is 2. The average molecular weight is 200 g/mol. The smallest absolute Gasteiger partial charge is 0.306 e. The number of ether oxygens (including phenoxy) is 1. The third-order valence-corrected chi connectivity index (χ3v) is 1.78. The Labute approximate surface area is 81.3 Å². The van der Waals surface area contributed by atoms with Crippen LogP contribution in [0.5, 0.6) is 0 Å². The van der Waals surface area contributed by atoms with Crippen molar-refractivity contribution in [2.24, 2.45) is 0 Å². The van der Waals surface area contributed by atoms with Crippen molar-refractivity contribution in [1.29, 1.82) is 0 Å².